The summed E-state index contributed by atoms with van der Waals surface area (Å²) in [4.78, 5) is 13.1. The molecule has 0 fully saturated rings. The molecule has 0 aliphatic carbocycles. The summed E-state index contributed by atoms with van der Waals surface area (Å²) >= 11 is 3.40. The second kappa shape index (κ2) is 6.92. The fourth-order valence-corrected chi connectivity index (χ4v) is 3.31. The summed E-state index contributed by atoms with van der Waals surface area (Å²) in [6.07, 6.45) is 2.25. The minimum atomic E-state index is -0.238. The molecule has 130 valence electrons. The van der Waals surface area contributed by atoms with Crippen molar-refractivity contribution in [3.63, 3.8) is 0 Å². The van der Waals surface area contributed by atoms with Crippen molar-refractivity contribution >= 4 is 27.5 Å². The number of aryl methyl sites for hydroxylation is 1. The Morgan fingerprint density at radius 2 is 1.85 bits per heavy atom. The van der Waals surface area contributed by atoms with E-state index in [0.29, 0.717) is 12.0 Å². The fraction of sp³-hybridized carbons (Fsp3) is 0.143. The second-order valence-electron chi connectivity index (χ2n) is 6.30. The highest BCUT2D eigenvalue weighted by atomic mass is 79.9. The molecular formula is C21H17BrN2O2. The summed E-state index contributed by atoms with van der Waals surface area (Å²) in [6, 6.07) is 19.0. The monoisotopic (exact) mass is 408 g/mol. The van der Waals surface area contributed by atoms with E-state index in [1.165, 1.54) is 10.6 Å². The van der Waals surface area contributed by atoms with Crippen LogP contribution in [0.25, 0.3) is 0 Å². The lowest BCUT2D eigenvalue weighted by atomic mass is 10.0. The maximum Gasteiger partial charge on any atom is 0.274 e. The van der Waals surface area contributed by atoms with E-state index in [9.17, 15) is 4.79 Å². The molecule has 4 nitrogen and oxygen atoms in total. The highest BCUT2D eigenvalue weighted by molar-refractivity contribution is 9.10. The molecule has 4 rings (SSSR count). The Balaban J connectivity index is 1.70. The van der Waals surface area contributed by atoms with Crippen LogP contribution in [0.5, 0.6) is 0 Å². The first-order valence-corrected chi connectivity index (χ1v) is 9.18. The number of furan rings is 1. The van der Waals surface area contributed by atoms with E-state index in [4.69, 9.17) is 4.42 Å². The van der Waals surface area contributed by atoms with Gasteiger partial charge in [0.15, 0.2) is 0 Å². The zero-order valence-electron chi connectivity index (χ0n) is 14.2. The van der Waals surface area contributed by atoms with E-state index in [0.717, 1.165) is 21.5 Å². The van der Waals surface area contributed by atoms with Crippen molar-refractivity contribution in [2.24, 2.45) is 5.10 Å². The molecule has 0 N–H and O–H groups in total. The van der Waals surface area contributed by atoms with Crippen LogP contribution in [0, 0.1) is 6.92 Å². The third-order valence-corrected chi connectivity index (χ3v) is 4.99. The van der Waals surface area contributed by atoms with Gasteiger partial charge in [0.2, 0.25) is 0 Å². The van der Waals surface area contributed by atoms with Gasteiger partial charge in [0.05, 0.1) is 12.0 Å². The van der Waals surface area contributed by atoms with Crippen molar-refractivity contribution in [3.8, 4) is 0 Å². The van der Waals surface area contributed by atoms with Gasteiger partial charge in [-0.2, -0.15) is 5.10 Å². The van der Waals surface area contributed by atoms with Gasteiger partial charge in [0.25, 0.3) is 5.91 Å². The quantitative estimate of drug-likeness (QED) is 0.586. The Morgan fingerprint density at radius 3 is 2.50 bits per heavy atom. The van der Waals surface area contributed by atoms with Crippen molar-refractivity contribution in [2.45, 2.75) is 19.4 Å². The molecule has 0 radical (unpaired) electrons. The number of hydrazone groups is 1. The topological polar surface area (TPSA) is 45.8 Å². The summed E-state index contributed by atoms with van der Waals surface area (Å²) in [5, 5.41) is 6.19. The molecule has 3 aromatic rings. The van der Waals surface area contributed by atoms with Crippen molar-refractivity contribution in [2.75, 3.05) is 0 Å². The predicted octanol–water partition coefficient (Wildman–Crippen LogP) is 5.34. The third kappa shape index (κ3) is 3.22. The van der Waals surface area contributed by atoms with Crippen LogP contribution in [0.1, 0.15) is 39.7 Å². The maximum atomic E-state index is 13.1. The highest BCUT2D eigenvalue weighted by Crippen LogP contribution is 2.34. The minimum absolute atomic E-state index is 0.138. The molecule has 26 heavy (non-hydrogen) atoms. The number of carbonyl (C=O) groups excluding carboxylic acids is 1. The first-order valence-electron chi connectivity index (χ1n) is 8.39. The van der Waals surface area contributed by atoms with Crippen molar-refractivity contribution in [1.29, 1.82) is 0 Å². The predicted molar refractivity (Wildman–Crippen MR) is 104 cm³/mol. The molecule has 0 unspecified atom stereocenters. The van der Waals surface area contributed by atoms with E-state index in [2.05, 4.69) is 40.1 Å². The largest absolute Gasteiger partial charge is 0.467 e. The zero-order chi connectivity index (χ0) is 18.1. The molecule has 0 bridgehead atoms. The number of rotatable bonds is 3. The molecule has 5 heteroatoms. The van der Waals surface area contributed by atoms with Gasteiger partial charge in [0.1, 0.15) is 11.8 Å². The van der Waals surface area contributed by atoms with Crippen LogP contribution >= 0.6 is 15.9 Å². The molecule has 1 aliphatic heterocycles. The Hall–Kier alpha value is -2.66. The van der Waals surface area contributed by atoms with Gasteiger partial charge in [-0.05, 0) is 48.9 Å². The van der Waals surface area contributed by atoms with Crippen molar-refractivity contribution in [3.05, 3.63) is 93.9 Å². The molecule has 1 amide bonds. The van der Waals surface area contributed by atoms with Gasteiger partial charge in [-0.15, -0.1) is 0 Å². The van der Waals surface area contributed by atoms with Crippen LogP contribution in [-0.2, 0) is 0 Å². The van der Waals surface area contributed by atoms with Crippen LogP contribution in [0.3, 0.4) is 0 Å². The molecular weight excluding hydrogens is 392 g/mol. The summed E-state index contributed by atoms with van der Waals surface area (Å²) in [7, 11) is 0. The molecule has 2 aromatic carbocycles. The lowest BCUT2D eigenvalue weighted by molar-refractivity contribution is 0.0693. The van der Waals surface area contributed by atoms with Crippen LogP contribution in [0.4, 0.5) is 0 Å². The molecule has 1 aliphatic rings. The van der Waals surface area contributed by atoms with E-state index in [1.807, 2.05) is 36.4 Å². The third-order valence-electron chi connectivity index (χ3n) is 4.47. The van der Waals surface area contributed by atoms with Crippen LogP contribution < -0.4 is 0 Å². The lowest BCUT2D eigenvalue weighted by Crippen LogP contribution is -2.26. The van der Waals surface area contributed by atoms with Gasteiger partial charge in [-0.25, -0.2) is 5.01 Å². The summed E-state index contributed by atoms with van der Waals surface area (Å²) in [5.41, 5.74) is 3.70. The zero-order valence-corrected chi connectivity index (χ0v) is 15.8. The lowest BCUT2D eigenvalue weighted by Gasteiger charge is -2.19. The average molecular weight is 409 g/mol. The molecule has 0 saturated carbocycles. The number of halogens is 1. The van der Waals surface area contributed by atoms with Crippen LogP contribution in [0.15, 0.2) is 80.9 Å². The molecule has 1 aromatic heterocycles. The molecule has 0 saturated heterocycles. The normalized spacial score (nSPS) is 16.6. The van der Waals surface area contributed by atoms with Gasteiger partial charge in [-0.3, -0.25) is 4.79 Å². The molecule has 0 spiro atoms. The fourth-order valence-electron chi connectivity index (χ4n) is 3.05. The number of hydrogen-bond acceptors (Lipinski definition) is 3. The Bertz CT molecular complexity index is 945. The van der Waals surface area contributed by atoms with Crippen molar-refractivity contribution in [1.82, 2.24) is 5.01 Å². The highest BCUT2D eigenvalue weighted by Gasteiger charge is 2.35. The smallest absolute Gasteiger partial charge is 0.274 e. The number of amides is 1. The van der Waals surface area contributed by atoms with Gasteiger partial charge in [0, 0.05) is 16.5 Å². The average Bonchev–Trinajstić information content (AvgIpc) is 3.32. The molecule has 2 heterocycles. The first kappa shape index (κ1) is 16.8. The minimum Gasteiger partial charge on any atom is -0.467 e. The van der Waals surface area contributed by atoms with E-state index < -0.39 is 0 Å². The summed E-state index contributed by atoms with van der Waals surface area (Å²) in [6.45, 7) is 2.05. The van der Waals surface area contributed by atoms with Gasteiger partial charge in [-0.1, -0.05) is 45.8 Å². The summed E-state index contributed by atoms with van der Waals surface area (Å²) in [5.74, 6) is 0.599. The first-order chi connectivity index (χ1) is 12.6. The number of carbonyl (C=O) groups is 1. The standard InChI is InChI=1S/C21H17BrN2O2/c1-14-4-6-15(7-5-14)18-13-19(20-3-2-12-26-20)24(23-18)21(25)16-8-10-17(22)11-9-16/h2-12,19H,13H2,1H3/t19-/m0/s1. The van der Waals surface area contributed by atoms with Gasteiger partial charge < -0.3 is 4.42 Å². The summed E-state index contributed by atoms with van der Waals surface area (Å²) < 4.78 is 6.51. The number of hydrogen-bond donors (Lipinski definition) is 0. The van der Waals surface area contributed by atoms with E-state index in [-0.39, 0.29) is 11.9 Å². The Morgan fingerprint density at radius 1 is 1.12 bits per heavy atom. The maximum absolute atomic E-state index is 13.1. The van der Waals surface area contributed by atoms with Crippen molar-refractivity contribution < 1.29 is 9.21 Å². The second-order valence-corrected chi connectivity index (χ2v) is 7.22. The number of nitrogens with zero attached hydrogens (tertiary/aromatic N) is 2. The Labute approximate surface area is 160 Å². The molecule has 1 atom stereocenters. The Kier molecular flexibility index (Phi) is 4.47. The van der Waals surface area contributed by atoms with Gasteiger partial charge >= 0.3 is 0 Å². The van der Waals surface area contributed by atoms with E-state index >= 15 is 0 Å². The van der Waals surface area contributed by atoms with Crippen LogP contribution in [-0.4, -0.2) is 16.6 Å². The number of benzene rings is 2. The van der Waals surface area contributed by atoms with E-state index in [1.54, 1.807) is 18.4 Å². The van der Waals surface area contributed by atoms with Crippen LogP contribution in [0.2, 0.25) is 0 Å². The SMILES string of the molecule is Cc1ccc(C2=NN(C(=O)c3ccc(Br)cc3)[C@H](c3ccco3)C2)cc1.